The lowest BCUT2D eigenvalue weighted by atomic mass is 9.85. The third-order valence-electron chi connectivity index (χ3n) is 4.85. The number of fused-ring (bicyclic) bond motifs is 1. The van der Waals surface area contributed by atoms with Gasteiger partial charge in [0.1, 0.15) is 6.61 Å². The van der Waals surface area contributed by atoms with E-state index in [-0.39, 0.29) is 12.4 Å². The average Bonchev–Trinajstić information content (AvgIpc) is 3.25. The number of anilines is 1. The molecular formula is C17H21N5O2. The molecule has 1 saturated carbocycles. The molecular weight excluding hydrogens is 306 g/mol. The second kappa shape index (κ2) is 6.24. The Morgan fingerprint density at radius 1 is 1.38 bits per heavy atom. The molecule has 0 aromatic carbocycles. The van der Waals surface area contributed by atoms with E-state index in [0.29, 0.717) is 17.9 Å². The molecule has 0 aliphatic heterocycles. The Morgan fingerprint density at radius 3 is 3.04 bits per heavy atom. The third kappa shape index (κ3) is 2.65. The quantitative estimate of drug-likeness (QED) is 0.766. The zero-order valence-corrected chi connectivity index (χ0v) is 13.6. The normalized spacial score (nSPS) is 21.2. The summed E-state index contributed by atoms with van der Waals surface area (Å²) in [6, 6.07) is 4.41. The monoisotopic (exact) mass is 327 g/mol. The Kier molecular flexibility index (Phi) is 3.93. The first-order chi connectivity index (χ1) is 11.8. The van der Waals surface area contributed by atoms with Crippen molar-refractivity contribution in [3.8, 4) is 11.5 Å². The Hall–Kier alpha value is -2.41. The SMILES string of the molecule is C[C@@H]1CCCC[C@@H]1Nc1c(-c2nc(CO)no2)cnn2cccc12. The number of hydrogen-bond donors (Lipinski definition) is 2. The fraction of sp³-hybridized carbons (Fsp3) is 0.471. The highest BCUT2D eigenvalue weighted by molar-refractivity contribution is 5.85. The number of nitrogens with one attached hydrogen (secondary N) is 1. The van der Waals surface area contributed by atoms with E-state index in [2.05, 4.69) is 27.5 Å². The number of aliphatic hydroxyl groups is 1. The molecule has 0 amide bonds. The van der Waals surface area contributed by atoms with Crippen LogP contribution in [0.4, 0.5) is 5.69 Å². The summed E-state index contributed by atoms with van der Waals surface area (Å²) >= 11 is 0. The zero-order chi connectivity index (χ0) is 16.5. The van der Waals surface area contributed by atoms with Crippen molar-refractivity contribution < 1.29 is 9.63 Å². The highest BCUT2D eigenvalue weighted by Gasteiger charge is 2.24. The minimum atomic E-state index is -0.243. The van der Waals surface area contributed by atoms with Gasteiger partial charge >= 0.3 is 0 Å². The molecule has 0 bridgehead atoms. The molecule has 24 heavy (non-hydrogen) atoms. The maximum atomic E-state index is 9.18. The first-order valence-electron chi connectivity index (χ1n) is 8.43. The van der Waals surface area contributed by atoms with Gasteiger partial charge in [0.15, 0.2) is 5.82 Å². The van der Waals surface area contributed by atoms with Gasteiger partial charge in [0.25, 0.3) is 5.89 Å². The highest BCUT2D eigenvalue weighted by atomic mass is 16.5. The molecule has 0 saturated heterocycles. The number of aromatic nitrogens is 4. The molecule has 7 heteroatoms. The lowest BCUT2D eigenvalue weighted by Crippen LogP contribution is -2.30. The van der Waals surface area contributed by atoms with E-state index in [0.717, 1.165) is 23.2 Å². The largest absolute Gasteiger partial charge is 0.388 e. The van der Waals surface area contributed by atoms with Crippen LogP contribution in [0.15, 0.2) is 29.0 Å². The van der Waals surface area contributed by atoms with Crippen LogP contribution < -0.4 is 5.32 Å². The molecule has 1 aliphatic carbocycles. The second-order valence-electron chi connectivity index (χ2n) is 6.46. The predicted octanol–water partition coefficient (Wildman–Crippen LogP) is 2.87. The van der Waals surface area contributed by atoms with Gasteiger partial charge in [-0.2, -0.15) is 10.1 Å². The molecule has 3 heterocycles. The summed E-state index contributed by atoms with van der Waals surface area (Å²) in [5.74, 6) is 1.27. The molecule has 4 rings (SSSR count). The van der Waals surface area contributed by atoms with Crippen molar-refractivity contribution in [1.29, 1.82) is 0 Å². The van der Waals surface area contributed by atoms with Crippen molar-refractivity contribution in [2.45, 2.75) is 45.3 Å². The summed E-state index contributed by atoms with van der Waals surface area (Å²) in [4.78, 5) is 4.25. The average molecular weight is 327 g/mol. The minimum Gasteiger partial charge on any atom is -0.388 e. The number of rotatable bonds is 4. The predicted molar refractivity (Wildman–Crippen MR) is 89.4 cm³/mol. The van der Waals surface area contributed by atoms with Crippen molar-refractivity contribution in [2.24, 2.45) is 5.92 Å². The van der Waals surface area contributed by atoms with Crippen molar-refractivity contribution in [2.75, 3.05) is 5.32 Å². The van der Waals surface area contributed by atoms with E-state index in [1.54, 1.807) is 6.20 Å². The fourth-order valence-corrected chi connectivity index (χ4v) is 3.45. The maximum Gasteiger partial charge on any atom is 0.261 e. The number of hydrogen-bond acceptors (Lipinski definition) is 6. The van der Waals surface area contributed by atoms with Crippen molar-refractivity contribution in [3.05, 3.63) is 30.4 Å². The Bertz CT molecular complexity index is 840. The van der Waals surface area contributed by atoms with Crippen LogP contribution in [-0.4, -0.2) is 30.9 Å². The van der Waals surface area contributed by atoms with Gasteiger partial charge in [-0.25, -0.2) is 4.52 Å². The smallest absolute Gasteiger partial charge is 0.261 e. The van der Waals surface area contributed by atoms with Crippen LogP contribution in [-0.2, 0) is 6.61 Å². The van der Waals surface area contributed by atoms with Crippen LogP contribution in [0.3, 0.4) is 0 Å². The van der Waals surface area contributed by atoms with E-state index < -0.39 is 0 Å². The summed E-state index contributed by atoms with van der Waals surface area (Å²) in [6.07, 6.45) is 8.59. The molecule has 0 spiro atoms. The van der Waals surface area contributed by atoms with Crippen LogP contribution in [0.1, 0.15) is 38.4 Å². The van der Waals surface area contributed by atoms with Crippen molar-refractivity contribution >= 4 is 11.2 Å². The van der Waals surface area contributed by atoms with Crippen LogP contribution >= 0.6 is 0 Å². The van der Waals surface area contributed by atoms with Gasteiger partial charge in [-0.3, -0.25) is 0 Å². The molecule has 126 valence electrons. The Labute approximate surface area is 139 Å². The second-order valence-corrected chi connectivity index (χ2v) is 6.46. The lowest BCUT2D eigenvalue weighted by molar-refractivity contribution is 0.264. The first-order valence-corrected chi connectivity index (χ1v) is 8.43. The van der Waals surface area contributed by atoms with Gasteiger partial charge in [0.2, 0.25) is 0 Å². The molecule has 3 aromatic rings. The first kappa shape index (κ1) is 15.1. The lowest BCUT2D eigenvalue weighted by Gasteiger charge is -2.31. The van der Waals surface area contributed by atoms with Gasteiger partial charge in [0.05, 0.1) is 23.0 Å². The van der Waals surface area contributed by atoms with Crippen LogP contribution in [0.5, 0.6) is 0 Å². The summed E-state index contributed by atoms with van der Waals surface area (Å²) < 4.78 is 7.15. The summed E-state index contributed by atoms with van der Waals surface area (Å²) in [5.41, 5.74) is 2.71. The van der Waals surface area contributed by atoms with Crippen LogP contribution in [0.25, 0.3) is 17.0 Å². The van der Waals surface area contributed by atoms with Crippen LogP contribution in [0.2, 0.25) is 0 Å². The van der Waals surface area contributed by atoms with Crippen LogP contribution in [0, 0.1) is 5.92 Å². The standard InChI is InChI=1S/C17H21N5O2/c1-11-5-2-3-6-13(11)19-16-12(17-20-15(10-23)21-24-17)9-18-22-8-4-7-14(16)22/h4,7-9,11,13,19,23H,2-3,5-6,10H2,1H3/t11-,13+/m1/s1. The molecule has 2 atom stereocenters. The summed E-state index contributed by atoms with van der Waals surface area (Å²) in [6.45, 7) is 2.05. The van der Waals surface area contributed by atoms with E-state index >= 15 is 0 Å². The Morgan fingerprint density at radius 2 is 2.25 bits per heavy atom. The number of nitrogens with zero attached hydrogens (tertiary/aromatic N) is 4. The van der Waals surface area contributed by atoms with Gasteiger partial charge in [0, 0.05) is 12.2 Å². The molecule has 0 unspecified atom stereocenters. The minimum absolute atomic E-state index is 0.243. The topological polar surface area (TPSA) is 88.5 Å². The van der Waals surface area contributed by atoms with E-state index in [4.69, 9.17) is 4.52 Å². The molecule has 2 N–H and O–H groups in total. The fourth-order valence-electron chi connectivity index (χ4n) is 3.45. The van der Waals surface area contributed by atoms with Gasteiger partial charge < -0.3 is 14.9 Å². The summed E-state index contributed by atoms with van der Waals surface area (Å²) in [5, 5.41) is 21.1. The zero-order valence-electron chi connectivity index (χ0n) is 13.6. The van der Waals surface area contributed by atoms with E-state index in [1.807, 2.05) is 22.8 Å². The van der Waals surface area contributed by atoms with E-state index in [9.17, 15) is 5.11 Å². The van der Waals surface area contributed by atoms with Crippen molar-refractivity contribution in [3.63, 3.8) is 0 Å². The van der Waals surface area contributed by atoms with E-state index in [1.165, 1.54) is 19.3 Å². The number of aliphatic hydroxyl groups excluding tert-OH is 1. The highest BCUT2D eigenvalue weighted by Crippen LogP contribution is 2.34. The molecule has 7 nitrogen and oxygen atoms in total. The third-order valence-corrected chi connectivity index (χ3v) is 4.85. The maximum absolute atomic E-state index is 9.18. The van der Waals surface area contributed by atoms with Gasteiger partial charge in [-0.15, -0.1) is 0 Å². The van der Waals surface area contributed by atoms with Gasteiger partial charge in [-0.05, 0) is 30.9 Å². The van der Waals surface area contributed by atoms with Crippen molar-refractivity contribution in [1.82, 2.24) is 19.8 Å². The molecule has 1 fully saturated rings. The molecule has 3 aromatic heterocycles. The Balaban J connectivity index is 1.78. The van der Waals surface area contributed by atoms with Gasteiger partial charge in [-0.1, -0.05) is 24.9 Å². The molecule has 0 radical (unpaired) electrons. The molecule has 1 aliphatic rings. The summed E-state index contributed by atoms with van der Waals surface area (Å²) in [7, 11) is 0.